The molecule has 0 spiro atoms. The Morgan fingerprint density at radius 2 is 1.51 bits per heavy atom. The number of oxazole rings is 1. The predicted octanol–water partition coefficient (Wildman–Crippen LogP) is 5.43. The molecule has 176 valence electrons. The van der Waals surface area contributed by atoms with Crippen molar-refractivity contribution < 1.29 is 28.2 Å². The van der Waals surface area contributed by atoms with Crippen molar-refractivity contribution in [3.8, 4) is 28.5 Å². The molecule has 0 bridgehead atoms. The first-order valence-corrected chi connectivity index (χ1v) is 10.8. The molecule has 0 unspecified atom stereocenters. The molecular formula is C27H22N2O6. The molecule has 0 saturated heterocycles. The Kier molecular flexibility index (Phi) is 5.93. The standard InChI is InChI=1S/C27H22N2O6/c1-31-23-12-16(13-24(32-2)26(23)33-3)21-14-18(17-8-4-5-9-19(17)28-21)27(30)34-15-25-29-20-10-6-7-11-22(20)35-25/h4-14H,15H2,1-3H3. The second-order valence-electron chi connectivity index (χ2n) is 7.64. The summed E-state index contributed by atoms with van der Waals surface area (Å²) in [6, 6.07) is 20.0. The SMILES string of the molecule is COc1cc(-c2cc(C(=O)OCc3nc4ccccc4o3)c3ccccc3n2)cc(OC)c1OC. The van der Waals surface area contributed by atoms with Gasteiger partial charge in [-0.15, -0.1) is 0 Å². The van der Waals surface area contributed by atoms with Crippen LogP contribution in [0.2, 0.25) is 0 Å². The molecule has 5 aromatic rings. The van der Waals surface area contributed by atoms with E-state index in [4.69, 9.17) is 28.3 Å². The molecule has 0 aliphatic heterocycles. The molecule has 35 heavy (non-hydrogen) atoms. The van der Waals surface area contributed by atoms with E-state index in [0.29, 0.717) is 62.0 Å². The van der Waals surface area contributed by atoms with E-state index in [-0.39, 0.29) is 6.61 Å². The van der Waals surface area contributed by atoms with Crippen molar-refractivity contribution in [2.75, 3.05) is 21.3 Å². The number of pyridine rings is 1. The minimum Gasteiger partial charge on any atom is -0.493 e. The fourth-order valence-corrected chi connectivity index (χ4v) is 3.91. The quantitative estimate of drug-likeness (QED) is 0.291. The van der Waals surface area contributed by atoms with Crippen molar-refractivity contribution in [1.82, 2.24) is 9.97 Å². The highest BCUT2D eigenvalue weighted by atomic mass is 16.5. The zero-order valence-corrected chi connectivity index (χ0v) is 19.4. The highest BCUT2D eigenvalue weighted by Crippen LogP contribution is 2.41. The van der Waals surface area contributed by atoms with Crippen LogP contribution in [0.15, 0.2) is 71.1 Å². The van der Waals surface area contributed by atoms with Gasteiger partial charge in [0.2, 0.25) is 11.6 Å². The van der Waals surface area contributed by atoms with Crippen LogP contribution in [-0.2, 0) is 11.3 Å². The van der Waals surface area contributed by atoms with Crippen LogP contribution in [0.4, 0.5) is 0 Å². The Balaban J connectivity index is 1.53. The van der Waals surface area contributed by atoms with Gasteiger partial charge < -0.3 is 23.4 Å². The Morgan fingerprint density at radius 1 is 0.829 bits per heavy atom. The molecule has 2 heterocycles. The van der Waals surface area contributed by atoms with Gasteiger partial charge in [0, 0.05) is 10.9 Å². The Morgan fingerprint density at radius 3 is 2.20 bits per heavy atom. The van der Waals surface area contributed by atoms with E-state index in [1.165, 1.54) is 0 Å². The van der Waals surface area contributed by atoms with E-state index in [0.717, 1.165) is 0 Å². The zero-order valence-electron chi connectivity index (χ0n) is 19.4. The van der Waals surface area contributed by atoms with Crippen LogP contribution in [0.3, 0.4) is 0 Å². The molecule has 0 aliphatic rings. The molecule has 0 saturated carbocycles. The van der Waals surface area contributed by atoms with Gasteiger partial charge in [0.15, 0.2) is 23.7 Å². The third-order valence-electron chi connectivity index (χ3n) is 5.56. The Bertz CT molecular complexity index is 1480. The number of ether oxygens (including phenoxy) is 4. The minimum absolute atomic E-state index is 0.0936. The number of hydrogen-bond acceptors (Lipinski definition) is 8. The first-order chi connectivity index (χ1) is 17.1. The van der Waals surface area contributed by atoms with Crippen molar-refractivity contribution in [1.29, 1.82) is 0 Å². The summed E-state index contributed by atoms with van der Waals surface area (Å²) in [6.45, 7) is -0.0936. The van der Waals surface area contributed by atoms with Crippen LogP contribution in [0, 0.1) is 0 Å². The number of aromatic nitrogens is 2. The molecule has 0 aliphatic carbocycles. The highest BCUT2D eigenvalue weighted by Gasteiger charge is 2.19. The number of para-hydroxylation sites is 3. The lowest BCUT2D eigenvalue weighted by Gasteiger charge is -2.15. The molecule has 5 rings (SSSR count). The first kappa shape index (κ1) is 22.2. The van der Waals surface area contributed by atoms with Crippen LogP contribution >= 0.6 is 0 Å². The second kappa shape index (κ2) is 9.34. The van der Waals surface area contributed by atoms with Gasteiger partial charge in [0.25, 0.3) is 0 Å². The molecule has 2 aromatic heterocycles. The number of esters is 1. The number of hydrogen-bond donors (Lipinski definition) is 0. The average Bonchev–Trinajstić information content (AvgIpc) is 3.33. The Hall–Kier alpha value is -4.59. The number of nitrogens with zero attached hydrogens (tertiary/aromatic N) is 2. The number of fused-ring (bicyclic) bond motifs is 2. The van der Waals surface area contributed by atoms with E-state index in [2.05, 4.69) is 4.98 Å². The summed E-state index contributed by atoms with van der Waals surface area (Å²) >= 11 is 0. The fourth-order valence-electron chi connectivity index (χ4n) is 3.91. The van der Waals surface area contributed by atoms with Gasteiger partial charge in [-0.25, -0.2) is 14.8 Å². The summed E-state index contributed by atoms with van der Waals surface area (Å²) in [5.74, 6) is 1.24. The average molecular weight is 470 g/mol. The number of methoxy groups -OCH3 is 3. The van der Waals surface area contributed by atoms with Gasteiger partial charge in [-0.05, 0) is 36.4 Å². The van der Waals surface area contributed by atoms with E-state index in [1.807, 2.05) is 48.5 Å². The molecule has 0 atom stereocenters. The maximum Gasteiger partial charge on any atom is 0.339 e. The summed E-state index contributed by atoms with van der Waals surface area (Å²) < 4.78 is 27.6. The summed E-state index contributed by atoms with van der Waals surface area (Å²) in [4.78, 5) is 22.3. The monoisotopic (exact) mass is 470 g/mol. The minimum atomic E-state index is -0.514. The van der Waals surface area contributed by atoms with Gasteiger partial charge in [0.1, 0.15) is 5.52 Å². The van der Waals surface area contributed by atoms with Gasteiger partial charge in [-0.1, -0.05) is 30.3 Å². The largest absolute Gasteiger partial charge is 0.493 e. The normalized spacial score (nSPS) is 10.9. The van der Waals surface area contributed by atoms with Gasteiger partial charge in [-0.2, -0.15) is 0 Å². The molecular weight excluding hydrogens is 448 g/mol. The summed E-state index contributed by atoms with van der Waals surface area (Å²) in [5, 5.41) is 0.672. The second-order valence-corrected chi connectivity index (χ2v) is 7.64. The third-order valence-corrected chi connectivity index (χ3v) is 5.56. The summed E-state index contributed by atoms with van der Waals surface area (Å²) in [7, 11) is 4.63. The summed E-state index contributed by atoms with van der Waals surface area (Å²) in [6.07, 6.45) is 0. The van der Waals surface area contributed by atoms with Crippen molar-refractivity contribution in [2.45, 2.75) is 6.61 Å². The van der Waals surface area contributed by atoms with Crippen molar-refractivity contribution in [2.24, 2.45) is 0 Å². The van der Waals surface area contributed by atoms with E-state index in [9.17, 15) is 4.79 Å². The van der Waals surface area contributed by atoms with Crippen molar-refractivity contribution in [3.63, 3.8) is 0 Å². The van der Waals surface area contributed by atoms with Crippen molar-refractivity contribution in [3.05, 3.63) is 78.2 Å². The van der Waals surface area contributed by atoms with E-state index < -0.39 is 5.97 Å². The van der Waals surface area contributed by atoms with E-state index in [1.54, 1.807) is 39.5 Å². The molecule has 8 nitrogen and oxygen atoms in total. The lowest BCUT2D eigenvalue weighted by molar-refractivity contribution is 0.0442. The van der Waals surface area contributed by atoms with Gasteiger partial charge >= 0.3 is 5.97 Å². The molecule has 0 N–H and O–H groups in total. The van der Waals surface area contributed by atoms with Gasteiger partial charge in [-0.3, -0.25) is 0 Å². The zero-order chi connectivity index (χ0) is 24.4. The van der Waals surface area contributed by atoms with Crippen LogP contribution in [0.5, 0.6) is 17.2 Å². The van der Waals surface area contributed by atoms with Crippen molar-refractivity contribution >= 4 is 28.0 Å². The molecule has 0 fully saturated rings. The molecule has 8 heteroatoms. The van der Waals surface area contributed by atoms with Crippen LogP contribution in [0.25, 0.3) is 33.3 Å². The van der Waals surface area contributed by atoms with Crippen LogP contribution in [-0.4, -0.2) is 37.3 Å². The molecule has 3 aromatic carbocycles. The lowest BCUT2D eigenvalue weighted by Crippen LogP contribution is -2.07. The molecule has 0 radical (unpaired) electrons. The fraction of sp³-hybridized carbons (Fsp3) is 0.148. The number of rotatable bonds is 7. The predicted molar refractivity (Wildman–Crippen MR) is 130 cm³/mol. The van der Waals surface area contributed by atoms with Crippen LogP contribution < -0.4 is 14.2 Å². The number of carbonyl (C=O) groups excluding carboxylic acids is 1. The number of carbonyl (C=O) groups is 1. The summed E-state index contributed by atoms with van der Waals surface area (Å²) in [5.41, 5.74) is 3.60. The molecule has 0 amide bonds. The van der Waals surface area contributed by atoms with Gasteiger partial charge in [0.05, 0.1) is 38.1 Å². The number of benzene rings is 3. The van der Waals surface area contributed by atoms with E-state index >= 15 is 0 Å². The Labute approximate surface area is 201 Å². The third kappa shape index (κ3) is 4.21. The lowest BCUT2D eigenvalue weighted by atomic mass is 10.0. The smallest absolute Gasteiger partial charge is 0.339 e. The topological polar surface area (TPSA) is 92.9 Å². The first-order valence-electron chi connectivity index (χ1n) is 10.8. The highest BCUT2D eigenvalue weighted by molar-refractivity contribution is 6.04. The van der Waals surface area contributed by atoms with Crippen LogP contribution in [0.1, 0.15) is 16.2 Å². The maximum atomic E-state index is 13.2. The maximum absolute atomic E-state index is 13.2.